The Labute approximate surface area is 106 Å². The summed E-state index contributed by atoms with van der Waals surface area (Å²) < 4.78 is 4.90. The van der Waals surface area contributed by atoms with E-state index < -0.39 is 12.0 Å². The molecule has 0 aliphatic rings. The molecule has 0 radical (unpaired) electrons. The lowest BCUT2D eigenvalue weighted by Gasteiger charge is -2.17. The number of hydrogen-bond donors (Lipinski definition) is 2. The van der Waals surface area contributed by atoms with Crippen LogP contribution in [0.2, 0.25) is 0 Å². The van der Waals surface area contributed by atoms with Crippen LogP contribution in [-0.4, -0.2) is 29.5 Å². The molecule has 0 aliphatic heterocycles. The van der Waals surface area contributed by atoms with Gasteiger partial charge in [0, 0.05) is 12.1 Å². The summed E-state index contributed by atoms with van der Waals surface area (Å²) in [4.78, 5) is 22.8. The summed E-state index contributed by atoms with van der Waals surface area (Å²) in [6.45, 7) is 3.40. The SMILES string of the molecule is CCOC(=O)[C@H](CC(C)=O)Nc1ccc(O)cc1. The molecule has 2 N–H and O–H groups in total. The van der Waals surface area contributed by atoms with Crippen molar-refractivity contribution in [3.63, 3.8) is 0 Å². The van der Waals surface area contributed by atoms with E-state index in [2.05, 4.69) is 5.32 Å². The van der Waals surface area contributed by atoms with Crippen LogP contribution in [0.4, 0.5) is 5.69 Å². The van der Waals surface area contributed by atoms with E-state index >= 15 is 0 Å². The molecular formula is C13H17NO4. The van der Waals surface area contributed by atoms with Crippen LogP contribution < -0.4 is 5.32 Å². The van der Waals surface area contributed by atoms with Crippen molar-refractivity contribution in [2.75, 3.05) is 11.9 Å². The van der Waals surface area contributed by atoms with Crippen molar-refractivity contribution < 1.29 is 19.4 Å². The van der Waals surface area contributed by atoms with Crippen molar-refractivity contribution in [3.8, 4) is 5.75 Å². The number of nitrogens with one attached hydrogen (secondary N) is 1. The highest BCUT2D eigenvalue weighted by atomic mass is 16.5. The number of anilines is 1. The second kappa shape index (κ2) is 6.64. The van der Waals surface area contributed by atoms with Gasteiger partial charge in [0.1, 0.15) is 17.6 Å². The monoisotopic (exact) mass is 251 g/mol. The van der Waals surface area contributed by atoms with Crippen LogP contribution >= 0.6 is 0 Å². The first-order chi connectivity index (χ1) is 8.52. The molecule has 1 rings (SSSR count). The van der Waals surface area contributed by atoms with Crippen molar-refractivity contribution in [1.82, 2.24) is 0 Å². The summed E-state index contributed by atoms with van der Waals surface area (Å²) in [6.07, 6.45) is 0.0692. The Bertz CT molecular complexity index is 414. The van der Waals surface area contributed by atoms with Crippen molar-refractivity contribution in [3.05, 3.63) is 24.3 Å². The van der Waals surface area contributed by atoms with Gasteiger partial charge >= 0.3 is 5.97 Å². The predicted molar refractivity (Wildman–Crippen MR) is 67.4 cm³/mol. The minimum atomic E-state index is -0.702. The van der Waals surface area contributed by atoms with E-state index in [1.54, 1.807) is 19.1 Å². The number of benzene rings is 1. The average Bonchev–Trinajstić information content (AvgIpc) is 2.31. The lowest BCUT2D eigenvalue weighted by Crippen LogP contribution is -2.33. The van der Waals surface area contributed by atoms with Crippen LogP contribution in [0.3, 0.4) is 0 Å². The zero-order chi connectivity index (χ0) is 13.5. The highest BCUT2D eigenvalue weighted by Crippen LogP contribution is 2.16. The summed E-state index contributed by atoms with van der Waals surface area (Å²) in [5.74, 6) is -0.417. The molecule has 1 aromatic rings. The highest BCUT2D eigenvalue weighted by molar-refractivity contribution is 5.87. The number of ether oxygens (including phenoxy) is 1. The Morgan fingerprint density at radius 2 is 1.94 bits per heavy atom. The van der Waals surface area contributed by atoms with E-state index in [0.29, 0.717) is 5.69 Å². The zero-order valence-corrected chi connectivity index (χ0v) is 10.5. The number of phenolic OH excluding ortho intramolecular Hbond substituents is 1. The summed E-state index contributed by atoms with van der Waals surface area (Å²) in [5, 5.41) is 12.1. The third-order valence-corrected chi connectivity index (χ3v) is 2.27. The lowest BCUT2D eigenvalue weighted by atomic mass is 10.1. The molecule has 1 atom stereocenters. The molecule has 0 heterocycles. The Hall–Kier alpha value is -2.04. The molecule has 5 nitrogen and oxygen atoms in total. The maximum atomic E-state index is 11.7. The summed E-state index contributed by atoms with van der Waals surface area (Å²) >= 11 is 0. The second-order valence-electron chi connectivity index (χ2n) is 3.90. The number of carbonyl (C=O) groups is 2. The summed E-state index contributed by atoms with van der Waals surface area (Å²) in [6, 6.07) is 5.55. The zero-order valence-electron chi connectivity index (χ0n) is 10.5. The Balaban J connectivity index is 2.74. The van der Waals surface area contributed by atoms with Crippen LogP contribution in [0, 0.1) is 0 Å². The summed E-state index contributed by atoms with van der Waals surface area (Å²) in [5.41, 5.74) is 0.645. The van der Waals surface area contributed by atoms with Crippen LogP contribution in [0.15, 0.2) is 24.3 Å². The molecule has 0 saturated carbocycles. The van der Waals surface area contributed by atoms with E-state index in [0.717, 1.165) is 0 Å². The van der Waals surface area contributed by atoms with E-state index in [1.165, 1.54) is 19.1 Å². The van der Waals surface area contributed by atoms with Gasteiger partial charge in [-0.3, -0.25) is 4.79 Å². The first-order valence-corrected chi connectivity index (χ1v) is 5.74. The van der Waals surface area contributed by atoms with Gasteiger partial charge in [0.25, 0.3) is 0 Å². The largest absolute Gasteiger partial charge is 0.508 e. The number of rotatable bonds is 6. The number of ketones is 1. The number of esters is 1. The Morgan fingerprint density at radius 1 is 1.33 bits per heavy atom. The van der Waals surface area contributed by atoms with Gasteiger partial charge in [-0.1, -0.05) is 0 Å². The molecule has 0 fully saturated rings. The molecular weight excluding hydrogens is 234 g/mol. The van der Waals surface area contributed by atoms with E-state index in [1.807, 2.05) is 0 Å². The predicted octanol–water partition coefficient (Wildman–Crippen LogP) is 1.71. The summed E-state index contributed by atoms with van der Waals surface area (Å²) in [7, 11) is 0. The molecule has 1 aromatic carbocycles. The van der Waals surface area contributed by atoms with Gasteiger partial charge in [-0.2, -0.15) is 0 Å². The standard InChI is InChI=1S/C13H17NO4/c1-3-18-13(17)12(8-9(2)15)14-10-4-6-11(16)7-5-10/h4-7,12,14,16H,3,8H2,1-2H3/t12-/m0/s1. The van der Waals surface area contributed by atoms with Crippen LogP contribution in [-0.2, 0) is 14.3 Å². The fourth-order valence-electron chi connectivity index (χ4n) is 1.48. The topological polar surface area (TPSA) is 75.6 Å². The molecule has 0 bridgehead atoms. The maximum Gasteiger partial charge on any atom is 0.329 e. The van der Waals surface area contributed by atoms with Crippen molar-refractivity contribution in [1.29, 1.82) is 0 Å². The second-order valence-corrected chi connectivity index (χ2v) is 3.90. The van der Waals surface area contributed by atoms with Gasteiger partial charge in [-0.15, -0.1) is 0 Å². The molecule has 98 valence electrons. The molecule has 18 heavy (non-hydrogen) atoms. The van der Waals surface area contributed by atoms with E-state index in [-0.39, 0.29) is 24.6 Å². The molecule has 5 heteroatoms. The van der Waals surface area contributed by atoms with Gasteiger partial charge in [-0.25, -0.2) is 4.79 Å². The first-order valence-electron chi connectivity index (χ1n) is 5.74. The van der Waals surface area contributed by atoms with Crippen LogP contribution in [0.5, 0.6) is 5.75 Å². The quantitative estimate of drug-likeness (QED) is 0.594. The smallest absolute Gasteiger partial charge is 0.329 e. The molecule has 0 amide bonds. The van der Waals surface area contributed by atoms with Gasteiger partial charge in [0.15, 0.2) is 0 Å². The average molecular weight is 251 g/mol. The van der Waals surface area contributed by atoms with E-state index in [9.17, 15) is 9.59 Å². The minimum Gasteiger partial charge on any atom is -0.508 e. The molecule has 0 aromatic heterocycles. The number of phenols is 1. The van der Waals surface area contributed by atoms with Gasteiger partial charge in [-0.05, 0) is 38.1 Å². The van der Waals surface area contributed by atoms with Crippen LogP contribution in [0.1, 0.15) is 20.3 Å². The first kappa shape index (κ1) is 14.0. The highest BCUT2D eigenvalue weighted by Gasteiger charge is 2.21. The van der Waals surface area contributed by atoms with Gasteiger partial charge < -0.3 is 15.2 Å². The Kier molecular flexibility index (Phi) is 5.17. The molecule has 0 unspecified atom stereocenters. The number of aromatic hydroxyl groups is 1. The van der Waals surface area contributed by atoms with Crippen molar-refractivity contribution >= 4 is 17.4 Å². The van der Waals surface area contributed by atoms with Gasteiger partial charge in [0.2, 0.25) is 0 Å². The lowest BCUT2D eigenvalue weighted by molar-refractivity contribution is -0.145. The number of Topliss-reactive ketones (excluding diaryl/α,β-unsaturated/α-hetero) is 1. The number of hydrogen-bond acceptors (Lipinski definition) is 5. The van der Waals surface area contributed by atoms with Crippen molar-refractivity contribution in [2.45, 2.75) is 26.3 Å². The fourth-order valence-corrected chi connectivity index (χ4v) is 1.48. The minimum absolute atomic E-state index is 0.0692. The van der Waals surface area contributed by atoms with Gasteiger partial charge in [0.05, 0.1) is 6.61 Å². The van der Waals surface area contributed by atoms with Crippen LogP contribution in [0.25, 0.3) is 0 Å². The molecule has 0 aliphatic carbocycles. The maximum absolute atomic E-state index is 11.7. The third kappa shape index (κ3) is 4.45. The molecule has 0 saturated heterocycles. The number of carbonyl (C=O) groups excluding carboxylic acids is 2. The van der Waals surface area contributed by atoms with Crippen molar-refractivity contribution in [2.24, 2.45) is 0 Å². The Morgan fingerprint density at radius 3 is 2.44 bits per heavy atom. The normalized spacial score (nSPS) is 11.7. The third-order valence-electron chi connectivity index (χ3n) is 2.27. The van der Waals surface area contributed by atoms with E-state index in [4.69, 9.17) is 9.84 Å². The molecule has 0 spiro atoms. The fraction of sp³-hybridized carbons (Fsp3) is 0.385.